The predicted molar refractivity (Wildman–Crippen MR) is 91.7 cm³/mol. The van der Waals surface area contributed by atoms with Crippen LogP contribution in [0.2, 0.25) is 0 Å². The van der Waals surface area contributed by atoms with Crippen LogP contribution in [0.1, 0.15) is 5.48 Å². The molecule has 1 aliphatic heterocycles. The van der Waals surface area contributed by atoms with Gasteiger partial charge in [0.1, 0.15) is 0 Å². The monoisotopic (exact) mass is 322 g/mol. The van der Waals surface area contributed by atoms with E-state index in [4.69, 9.17) is 5.48 Å². The number of para-hydroxylation sites is 2. The number of aromatic nitrogens is 2. The second kappa shape index (κ2) is 4.73. The maximum absolute atomic E-state index is 8.07. The van der Waals surface area contributed by atoms with Gasteiger partial charge in [-0.15, -0.1) is 0 Å². The van der Waals surface area contributed by atoms with Gasteiger partial charge in [0.05, 0.1) is 16.5 Å². The van der Waals surface area contributed by atoms with Gasteiger partial charge in [-0.05, 0) is 12.1 Å². The standard InChI is InChI=1S/C18H10N2S2/c1-3-7-13-11(5-1)17-15(9-19-13)22-18-12-6-2-4-8-14(12)20-10-16(18)21-17/h1-10H/i1D,2D,7D,8D. The number of hydrogen-bond donors (Lipinski definition) is 0. The Hall–Kier alpha value is -2.04. The third-order valence-electron chi connectivity index (χ3n) is 3.53. The van der Waals surface area contributed by atoms with E-state index >= 15 is 0 Å². The highest BCUT2D eigenvalue weighted by atomic mass is 32.2. The lowest BCUT2D eigenvalue weighted by Gasteiger charge is -2.20. The van der Waals surface area contributed by atoms with Crippen molar-refractivity contribution in [1.82, 2.24) is 9.97 Å². The van der Waals surface area contributed by atoms with E-state index in [2.05, 4.69) is 9.97 Å². The van der Waals surface area contributed by atoms with E-state index in [0.29, 0.717) is 23.1 Å². The van der Waals surface area contributed by atoms with Crippen LogP contribution in [0.4, 0.5) is 0 Å². The fraction of sp³-hybridized carbons (Fsp3) is 0. The van der Waals surface area contributed by atoms with Gasteiger partial charge in [-0.25, -0.2) is 0 Å². The first-order valence-corrected chi connectivity index (χ1v) is 8.30. The van der Waals surface area contributed by atoms with Crippen molar-refractivity contribution >= 4 is 45.3 Å². The fourth-order valence-corrected chi connectivity index (χ4v) is 4.92. The SMILES string of the molecule is [2H]c1cc([2H])c2ncc3c(c2c1)Sc1cnc2c([2H])cc([2H])cc2c1S3. The van der Waals surface area contributed by atoms with Crippen LogP contribution in [-0.2, 0) is 0 Å². The number of nitrogens with zero attached hydrogens (tertiary/aromatic N) is 2. The van der Waals surface area contributed by atoms with Crippen molar-refractivity contribution in [2.75, 3.05) is 0 Å². The zero-order chi connectivity index (χ0) is 18.0. The third kappa shape index (κ3) is 1.77. The zero-order valence-corrected chi connectivity index (χ0v) is 12.8. The van der Waals surface area contributed by atoms with Crippen LogP contribution in [0.5, 0.6) is 0 Å². The van der Waals surface area contributed by atoms with E-state index in [9.17, 15) is 0 Å². The summed E-state index contributed by atoms with van der Waals surface area (Å²) in [5.41, 5.74) is 1.18. The highest BCUT2D eigenvalue weighted by molar-refractivity contribution is 8.05. The minimum atomic E-state index is 0.251. The molecule has 3 heterocycles. The molecule has 0 amide bonds. The van der Waals surface area contributed by atoms with Crippen LogP contribution >= 0.6 is 23.5 Å². The average Bonchev–Trinajstić information content (AvgIpc) is 2.59. The highest BCUT2D eigenvalue weighted by Crippen LogP contribution is 2.51. The lowest BCUT2D eigenvalue weighted by molar-refractivity contribution is 1.13. The molecule has 22 heavy (non-hydrogen) atoms. The molecule has 0 aliphatic carbocycles. The molecule has 0 unspecified atom stereocenters. The first-order chi connectivity index (χ1) is 12.5. The molecule has 0 atom stereocenters. The summed E-state index contributed by atoms with van der Waals surface area (Å²) >= 11 is 3.09. The Labute approximate surface area is 141 Å². The Kier molecular flexibility index (Phi) is 1.97. The van der Waals surface area contributed by atoms with Crippen LogP contribution in [0.15, 0.2) is 80.4 Å². The number of benzene rings is 2. The van der Waals surface area contributed by atoms with E-state index in [-0.39, 0.29) is 12.1 Å². The molecular weight excluding hydrogens is 308 g/mol. The minimum absolute atomic E-state index is 0.251. The Morgan fingerprint density at radius 2 is 1.27 bits per heavy atom. The maximum atomic E-state index is 8.07. The van der Waals surface area contributed by atoms with Gasteiger partial charge in [0.25, 0.3) is 0 Å². The van der Waals surface area contributed by atoms with E-state index in [1.807, 2.05) is 0 Å². The van der Waals surface area contributed by atoms with Gasteiger partial charge < -0.3 is 0 Å². The predicted octanol–water partition coefficient (Wildman–Crippen LogP) is 5.40. The lowest BCUT2D eigenvalue weighted by Crippen LogP contribution is -1.94. The molecule has 0 radical (unpaired) electrons. The highest BCUT2D eigenvalue weighted by Gasteiger charge is 2.21. The van der Waals surface area contributed by atoms with Gasteiger partial charge in [-0.3, -0.25) is 9.97 Å². The molecule has 2 aromatic carbocycles. The van der Waals surface area contributed by atoms with Crippen molar-refractivity contribution < 1.29 is 5.48 Å². The molecule has 0 fully saturated rings. The van der Waals surface area contributed by atoms with E-state index in [1.165, 1.54) is 12.1 Å². The van der Waals surface area contributed by atoms with Gasteiger partial charge in [0.2, 0.25) is 0 Å². The summed E-state index contributed by atoms with van der Waals surface area (Å²) in [6.45, 7) is 0. The Morgan fingerprint density at radius 1 is 0.773 bits per heavy atom. The van der Waals surface area contributed by atoms with Crippen molar-refractivity contribution in [3.8, 4) is 0 Å². The third-order valence-corrected chi connectivity index (χ3v) is 6.14. The summed E-state index contributed by atoms with van der Waals surface area (Å²) in [5, 5.41) is 1.61. The maximum Gasteiger partial charge on any atom is 0.0714 e. The Balaban J connectivity index is 1.78. The summed E-state index contributed by atoms with van der Waals surface area (Å²) in [5.74, 6) is 0. The van der Waals surface area contributed by atoms with Gasteiger partial charge in [-0.2, -0.15) is 0 Å². The molecular formula is C18H10N2S2. The van der Waals surface area contributed by atoms with Gasteiger partial charge in [0, 0.05) is 42.7 Å². The van der Waals surface area contributed by atoms with Crippen LogP contribution in [0.3, 0.4) is 0 Å². The van der Waals surface area contributed by atoms with Crippen molar-refractivity contribution in [1.29, 1.82) is 0 Å². The van der Waals surface area contributed by atoms with Crippen molar-refractivity contribution in [2.24, 2.45) is 0 Å². The van der Waals surface area contributed by atoms with Gasteiger partial charge >= 0.3 is 0 Å². The summed E-state index contributed by atoms with van der Waals surface area (Å²) in [7, 11) is 0. The summed E-state index contributed by atoms with van der Waals surface area (Å²) in [4.78, 5) is 12.7. The largest absolute Gasteiger partial charge is 0.255 e. The average molecular weight is 322 g/mol. The normalized spacial score (nSPS) is 15.6. The number of fused-ring (bicyclic) bond motifs is 6. The molecule has 104 valence electrons. The topological polar surface area (TPSA) is 25.8 Å². The smallest absolute Gasteiger partial charge is 0.0714 e. The van der Waals surface area contributed by atoms with Crippen molar-refractivity contribution in [3.63, 3.8) is 0 Å². The van der Waals surface area contributed by atoms with E-state index < -0.39 is 0 Å². The molecule has 0 saturated heterocycles. The molecule has 4 aromatic rings. The fourth-order valence-electron chi connectivity index (χ4n) is 2.53. The van der Waals surface area contributed by atoms with Crippen molar-refractivity contribution in [2.45, 2.75) is 19.6 Å². The summed E-state index contributed by atoms with van der Waals surface area (Å²) < 4.78 is 32.0. The number of pyridine rings is 2. The first-order valence-electron chi connectivity index (χ1n) is 8.67. The zero-order valence-electron chi connectivity index (χ0n) is 15.2. The lowest BCUT2D eigenvalue weighted by atomic mass is 10.2. The minimum Gasteiger partial charge on any atom is -0.255 e. The Bertz CT molecular complexity index is 1150. The van der Waals surface area contributed by atoms with Gasteiger partial charge in [-0.1, -0.05) is 59.9 Å². The molecule has 2 nitrogen and oxygen atoms in total. The van der Waals surface area contributed by atoms with Crippen LogP contribution in [-0.4, -0.2) is 9.97 Å². The quantitative estimate of drug-likeness (QED) is 0.381. The second-order valence-electron chi connectivity index (χ2n) is 4.83. The molecule has 0 spiro atoms. The molecule has 4 heteroatoms. The van der Waals surface area contributed by atoms with Crippen LogP contribution in [0.25, 0.3) is 21.8 Å². The van der Waals surface area contributed by atoms with Gasteiger partial charge in [0.15, 0.2) is 0 Å². The Morgan fingerprint density at radius 3 is 1.77 bits per heavy atom. The molecule has 0 N–H and O–H groups in total. The molecule has 0 bridgehead atoms. The molecule has 1 aliphatic rings. The van der Waals surface area contributed by atoms with Crippen LogP contribution in [0, 0.1) is 0 Å². The summed E-state index contributed by atoms with van der Waals surface area (Å²) in [6, 6.07) is 7.58. The van der Waals surface area contributed by atoms with Crippen molar-refractivity contribution in [3.05, 3.63) is 60.8 Å². The summed E-state index contributed by atoms with van der Waals surface area (Å²) in [6.07, 6.45) is 3.52. The number of rotatable bonds is 0. The molecule has 0 saturated carbocycles. The van der Waals surface area contributed by atoms with E-state index in [1.54, 1.807) is 48.1 Å². The second-order valence-corrected chi connectivity index (χ2v) is 6.94. The molecule has 2 aromatic heterocycles. The number of hydrogen-bond acceptors (Lipinski definition) is 4. The van der Waals surface area contributed by atoms with E-state index in [0.717, 1.165) is 30.4 Å². The molecule has 5 rings (SSSR count). The first kappa shape index (κ1) is 9.18. The van der Waals surface area contributed by atoms with Crippen LogP contribution < -0.4 is 0 Å².